The van der Waals surface area contributed by atoms with Crippen molar-refractivity contribution in [3.63, 3.8) is 0 Å². The summed E-state index contributed by atoms with van der Waals surface area (Å²) in [6.45, 7) is 5.40. The molecule has 1 aromatic rings. The molecule has 0 spiro atoms. The Morgan fingerprint density at radius 3 is 2.82 bits per heavy atom. The van der Waals surface area contributed by atoms with Gasteiger partial charge in [-0.15, -0.1) is 0 Å². The Morgan fingerprint density at radius 1 is 1.53 bits per heavy atom. The van der Waals surface area contributed by atoms with E-state index in [9.17, 15) is 9.18 Å². The Balaban J connectivity index is 2.58. The summed E-state index contributed by atoms with van der Waals surface area (Å²) < 4.78 is 12.9. The molecule has 0 radical (unpaired) electrons. The van der Waals surface area contributed by atoms with Crippen LogP contribution in [0.1, 0.15) is 19.4 Å². The first-order valence-corrected chi connectivity index (χ1v) is 6.09. The molecule has 0 aromatic heterocycles. The van der Waals surface area contributed by atoms with Gasteiger partial charge in [0.25, 0.3) is 0 Å². The first-order chi connectivity index (χ1) is 8.04. The van der Waals surface area contributed by atoms with Gasteiger partial charge in [0, 0.05) is 18.9 Å². The fraction of sp³-hybridized carbons (Fsp3) is 0.462. The highest BCUT2D eigenvalue weighted by Gasteiger charge is 2.13. The Kier molecular flexibility index (Phi) is 5.59. The maximum atomic E-state index is 12.9. The minimum Gasteiger partial charge on any atom is -0.316 e. The van der Waals surface area contributed by atoms with Crippen molar-refractivity contribution in [2.45, 2.75) is 20.3 Å². The first-order valence-electron chi connectivity index (χ1n) is 5.72. The number of hydrogen-bond acceptors (Lipinski definition) is 2. The number of rotatable bonds is 6. The third-order valence-electron chi connectivity index (χ3n) is 2.61. The maximum absolute atomic E-state index is 12.9. The molecule has 1 rings (SSSR count). The van der Waals surface area contributed by atoms with E-state index in [0.29, 0.717) is 13.0 Å². The SMILES string of the molecule is CCNCC(C)C(=O)Cc1ccc(F)c(Cl)c1. The van der Waals surface area contributed by atoms with Gasteiger partial charge in [-0.05, 0) is 24.2 Å². The summed E-state index contributed by atoms with van der Waals surface area (Å²) in [4.78, 5) is 11.8. The molecule has 4 heteroatoms. The minimum absolute atomic E-state index is 0.0428. The van der Waals surface area contributed by atoms with E-state index >= 15 is 0 Å². The van der Waals surface area contributed by atoms with Gasteiger partial charge in [0.2, 0.25) is 0 Å². The van der Waals surface area contributed by atoms with Crippen LogP contribution < -0.4 is 5.32 Å². The number of Topliss-reactive ketones (excluding diaryl/α,β-unsaturated/α-hetero) is 1. The highest BCUT2D eigenvalue weighted by Crippen LogP contribution is 2.17. The number of halogens is 2. The molecule has 1 atom stereocenters. The Bertz CT molecular complexity index is 395. The molecular formula is C13H17ClFNO. The Morgan fingerprint density at radius 2 is 2.24 bits per heavy atom. The number of nitrogens with one attached hydrogen (secondary N) is 1. The second kappa shape index (κ2) is 6.72. The van der Waals surface area contributed by atoms with Gasteiger partial charge in [-0.2, -0.15) is 0 Å². The van der Waals surface area contributed by atoms with Crippen molar-refractivity contribution in [3.05, 3.63) is 34.6 Å². The van der Waals surface area contributed by atoms with Crippen LogP contribution in [0.4, 0.5) is 4.39 Å². The van der Waals surface area contributed by atoms with Crippen LogP contribution in [0.3, 0.4) is 0 Å². The standard InChI is InChI=1S/C13H17ClFNO/c1-3-16-8-9(2)13(17)7-10-4-5-12(15)11(14)6-10/h4-6,9,16H,3,7-8H2,1-2H3. The zero-order valence-electron chi connectivity index (χ0n) is 10.1. The van der Waals surface area contributed by atoms with E-state index in [4.69, 9.17) is 11.6 Å². The highest BCUT2D eigenvalue weighted by molar-refractivity contribution is 6.30. The molecule has 0 aliphatic rings. The number of ketones is 1. The van der Waals surface area contributed by atoms with Crippen LogP contribution in [-0.2, 0) is 11.2 Å². The molecule has 1 aromatic carbocycles. The molecule has 1 unspecified atom stereocenters. The molecule has 0 aliphatic carbocycles. The summed E-state index contributed by atoms with van der Waals surface area (Å²) in [5.41, 5.74) is 0.754. The summed E-state index contributed by atoms with van der Waals surface area (Å²) >= 11 is 5.66. The third kappa shape index (κ3) is 4.44. The summed E-state index contributed by atoms with van der Waals surface area (Å²) in [6, 6.07) is 4.40. The van der Waals surface area contributed by atoms with Crippen molar-refractivity contribution >= 4 is 17.4 Å². The highest BCUT2D eigenvalue weighted by atomic mass is 35.5. The van der Waals surface area contributed by atoms with Crippen LogP contribution in [0.15, 0.2) is 18.2 Å². The van der Waals surface area contributed by atoms with Crippen molar-refractivity contribution < 1.29 is 9.18 Å². The zero-order valence-corrected chi connectivity index (χ0v) is 10.9. The van der Waals surface area contributed by atoms with Crippen molar-refractivity contribution in [2.24, 2.45) is 5.92 Å². The predicted molar refractivity (Wildman–Crippen MR) is 67.8 cm³/mol. The molecular weight excluding hydrogens is 241 g/mol. The van der Waals surface area contributed by atoms with Crippen molar-refractivity contribution in [3.8, 4) is 0 Å². The van der Waals surface area contributed by atoms with Crippen molar-refractivity contribution in [2.75, 3.05) is 13.1 Å². The number of carbonyl (C=O) groups excluding carboxylic acids is 1. The third-order valence-corrected chi connectivity index (χ3v) is 2.90. The summed E-state index contributed by atoms with van der Waals surface area (Å²) in [7, 11) is 0. The van der Waals surface area contributed by atoms with Crippen LogP contribution in [0.25, 0.3) is 0 Å². The van der Waals surface area contributed by atoms with E-state index < -0.39 is 5.82 Å². The van der Waals surface area contributed by atoms with E-state index in [1.54, 1.807) is 6.07 Å². The van der Waals surface area contributed by atoms with Crippen molar-refractivity contribution in [1.82, 2.24) is 5.32 Å². The average Bonchev–Trinajstić information content (AvgIpc) is 2.30. The Labute approximate surface area is 106 Å². The monoisotopic (exact) mass is 257 g/mol. The summed E-state index contributed by atoms with van der Waals surface area (Å²) in [6.07, 6.45) is 0.298. The van der Waals surface area contributed by atoms with Crippen LogP contribution in [-0.4, -0.2) is 18.9 Å². The van der Waals surface area contributed by atoms with Gasteiger partial charge in [-0.3, -0.25) is 4.79 Å². The van der Waals surface area contributed by atoms with Gasteiger partial charge in [0.05, 0.1) is 5.02 Å². The van der Waals surface area contributed by atoms with Gasteiger partial charge in [-0.1, -0.05) is 31.5 Å². The average molecular weight is 258 g/mol. The van der Waals surface area contributed by atoms with Gasteiger partial charge in [-0.25, -0.2) is 4.39 Å². The van der Waals surface area contributed by atoms with E-state index in [1.165, 1.54) is 12.1 Å². The smallest absolute Gasteiger partial charge is 0.141 e. The molecule has 0 heterocycles. The summed E-state index contributed by atoms with van der Waals surface area (Å²) in [5.74, 6) is -0.365. The molecule has 2 nitrogen and oxygen atoms in total. The fourth-order valence-electron chi connectivity index (χ4n) is 1.50. The minimum atomic E-state index is -0.455. The molecule has 94 valence electrons. The lowest BCUT2D eigenvalue weighted by Crippen LogP contribution is -2.27. The molecule has 0 amide bonds. The van der Waals surface area contributed by atoms with Gasteiger partial charge < -0.3 is 5.32 Å². The molecule has 0 bridgehead atoms. The van der Waals surface area contributed by atoms with E-state index in [2.05, 4.69) is 5.32 Å². The molecule has 0 fully saturated rings. The predicted octanol–water partition coefficient (Wildman–Crippen LogP) is 2.84. The lowest BCUT2D eigenvalue weighted by Gasteiger charge is -2.10. The maximum Gasteiger partial charge on any atom is 0.141 e. The largest absolute Gasteiger partial charge is 0.316 e. The number of carbonyl (C=O) groups is 1. The zero-order chi connectivity index (χ0) is 12.8. The quantitative estimate of drug-likeness (QED) is 0.849. The topological polar surface area (TPSA) is 29.1 Å². The fourth-order valence-corrected chi connectivity index (χ4v) is 1.70. The molecule has 17 heavy (non-hydrogen) atoms. The Hall–Kier alpha value is -0.930. The summed E-state index contributed by atoms with van der Waals surface area (Å²) in [5, 5.41) is 3.19. The van der Waals surface area contributed by atoms with Gasteiger partial charge in [0.15, 0.2) is 0 Å². The van der Waals surface area contributed by atoms with E-state index in [-0.39, 0.29) is 16.7 Å². The number of hydrogen-bond donors (Lipinski definition) is 1. The van der Waals surface area contributed by atoms with Crippen LogP contribution >= 0.6 is 11.6 Å². The lowest BCUT2D eigenvalue weighted by molar-refractivity contribution is -0.121. The first kappa shape index (κ1) is 14.1. The van der Waals surface area contributed by atoms with Crippen LogP contribution in [0.2, 0.25) is 5.02 Å². The number of benzene rings is 1. The van der Waals surface area contributed by atoms with E-state index in [0.717, 1.165) is 12.1 Å². The van der Waals surface area contributed by atoms with Crippen molar-refractivity contribution in [1.29, 1.82) is 0 Å². The van der Waals surface area contributed by atoms with E-state index in [1.807, 2.05) is 13.8 Å². The van der Waals surface area contributed by atoms with Crippen LogP contribution in [0, 0.1) is 11.7 Å². The second-order valence-electron chi connectivity index (χ2n) is 4.10. The molecule has 0 saturated heterocycles. The van der Waals surface area contributed by atoms with Gasteiger partial charge in [0.1, 0.15) is 11.6 Å². The lowest BCUT2D eigenvalue weighted by atomic mass is 9.99. The van der Waals surface area contributed by atoms with Gasteiger partial charge >= 0.3 is 0 Å². The molecule has 0 saturated carbocycles. The molecule has 0 aliphatic heterocycles. The second-order valence-corrected chi connectivity index (χ2v) is 4.51. The normalized spacial score (nSPS) is 12.5. The molecule has 1 N–H and O–H groups in total. The van der Waals surface area contributed by atoms with Crippen LogP contribution in [0.5, 0.6) is 0 Å².